The number of hydrogen-bond acceptors (Lipinski definition) is 6. The molecule has 1 heterocycles. The van der Waals surface area contributed by atoms with Crippen LogP contribution in [0.5, 0.6) is 5.75 Å². The molecular formula is C13H12BrN5O. The molecule has 0 aliphatic carbocycles. The SMILES string of the molecule is CNc1ncnc(Nc2ccc(Br)cc2C#N)c1OC. The maximum Gasteiger partial charge on any atom is 0.204 e. The number of hydrogen-bond donors (Lipinski definition) is 2. The van der Waals surface area contributed by atoms with E-state index in [1.807, 2.05) is 6.07 Å². The number of rotatable bonds is 4. The summed E-state index contributed by atoms with van der Waals surface area (Å²) in [6.07, 6.45) is 1.42. The van der Waals surface area contributed by atoms with Crippen LogP contribution in [0.15, 0.2) is 29.0 Å². The summed E-state index contributed by atoms with van der Waals surface area (Å²) in [5, 5.41) is 15.2. The lowest BCUT2D eigenvalue weighted by atomic mass is 10.2. The monoisotopic (exact) mass is 333 g/mol. The number of methoxy groups -OCH3 is 1. The Bertz CT molecular complexity index is 668. The zero-order valence-corrected chi connectivity index (χ0v) is 12.5. The van der Waals surface area contributed by atoms with Crippen LogP contribution < -0.4 is 15.4 Å². The van der Waals surface area contributed by atoms with Gasteiger partial charge in [-0.3, -0.25) is 0 Å². The number of anilines is 3. The molecule has 0 spiro atoms. The lowest BCUT2D eigenvalue weighted by molar-refractivity contribution is 0.415. The van der Waals surface area contributed by atoms with Crippen molar-refractivity contribution >= 4 is 33.3 Å². The first kappa shape index (κ1) is 14.1. The summed E-state index contributed by atoms with van der Waals surface area (Å²) in [4.78, 5) is 8.21. The molecule has 0 aliphatic rings. The first-order valence-corrected chi connectivity index (χ1v) is 6.52. The second-order valence-electron chi connectivity index (χ2n) is 3.78. The van der Waals surface area contributed by atoms with Crippen LogP contribution in [-0.4, -0.2) is 24.1 Å². The number of ether oxygens (including phenoxy) is 1. The van der Waals surface area contributed by atoms with Gasteiger partial charge in [-0.15, -0.1) is 0 Å². The largest absolute Gasteiger partial charge is 0.490 e. The van der Waals surface area contributed by atoms with Gasteiger partial charge in [0, 0.05) is 11.5 Å². The van der Waals surface area contributed by atoms with Gasteiger partial charge >= 0.3 is 0 Å². The quantitative estimate of drug-likeness (QED) is 0.895. The Balaban J connectivity index is 2.43. The second kappa shape index (κ2) is 6.21. The standard InChI is InChI=1S/C13H12BrN5O/c1-16-12-11(20-2)13(18-7-17-12)19-10-4-3-9(14)5-8(10)6-15/h3-5,7H,1-2H3,(H2,16,17,18,19). The average molecular weight is 334 g/mol. The Hall–Kier alpha value is -2.33. The molecule has 0 atom stereocenters. The fourth-order valence-electron chi connectivity index (χ4n) is 1.68. The predicted octanol–water partition coefficient (Wildman–Crippen LogP) is 2.90. The van der Waals surface area contributed by atoms with Crippen LogP contribution in [-0.2, 0) is 0 Å². The van der Waals surface area contributed by atoms with E-state index in [9.17, 15) is 0 Å². The summed E-state index contributed by atoms with van der Waals surface area (Å²) in [6, 6.07) is 7.50. The molecule has 2 rings (SSSR count). The van der Waals surface area contributed by atoms with Crippen LogP contribution >= 0.6 is 15.9 Å². The van der Waals surface area contributed by atoms with E-state index < -0.39 is 0 Å². The molecule has 6 nitrogen and oxygen atoms in total. The minimum Gasteiger partial charge on any atom is -0.490 e. The average Bonchev–Trinajstić information content (AvgIpc) is 2.48. The van der Waals surface area contributed by atoms with Crippen LogP contribution in [0.25, 0.3) is 0 Å². The number of aromatic nitrogens is 2. The van der Waals surface area contributed by atoms with Crippen molar-refractivity contribution in [3.8, 4) is 11.8 Å². The molecule has 102 valence electrons. The molecule has 7 heteroatoms. The molecule has 1 aromatic carbocycles. The van der Waals surface area contributed by atoms with Crippen molar-refractivity contribution in [3.05, 3.63) is 34.6 Å². The van der Waals surface area contributed by atoms with E-state index >= 15 is 0 Å². The highest BCUT2D eigenvalue weighted by Gasteiger charge is 2.12. The highest BCUT2D eigenvalue weighted by Crippen LogP contribution is 2.32. The van der Waals surface area contributed by atoms with Gasteiger partial charge in [-0.1, -0.05) is 15.9 Å². The fraction of sp³-hybridized carbons (Fsp3) is 0.154. The van der Waals surface area contributed by atoms with Crippen LogP contribution in [0, 0.1) is 11.3 Å². The summed E-state index contributed by atoms with van der Waals surface area (Å²) >= 11 is 3.33. The predicted molar refractivity (Wildman–Crippen MR) is 80.3 cm³/mol. The van der Waals surface area contributed by atoms with Crippen molar-refractivity contribution in [1.82, 2.24) is 9.97 Å². The molecule has 0 saturated heterocycles. The van der Waals surface area contributed by atoms with E-state index in [1.54, 1.807) is 19.2 Å². The number of halogens is 1. The third kappa shape index (κ3) is 2.81. The first-order chi connectivity index (χ1) is 9.69. The van der Waals surface area contributed by atoms with Gasteiger partial charge in [-0.05, 0) is 18.2 Å². The Morgan fingerprint density at radius 3 is 2.70 bits per heavy atom. The topological polar surface area (TPSA) is 82.9 Å². The lowest BCUT2D eigenvalue weighted by Crippen LogP contribution is -2.04. The Morgan fingerprint density at radius 1 is 1.30 bits per heavy atom. The number of nitriles is 1. The molecule has 0 amide bonds. The molecule has 0 bridgehead atoms. The van der Waals surface area contributed by atoms with Crippen LogP contribution in [0.3, 0.4) is 0 Å². The van der Waals surface area contributed by atoms with Crippen molar-refractivity contribution in [2.75, 3.05) is 24.8 Å². The van der Waals surface area contributed by atoms with E-state index in [4.69, 9.17) is 10.00 Å². The number of benzene rings is 1. The number of nitrogens with one attached hydrogen (secondary N) is 2. The van der Waals surface area contributed by atoms with E-state index in [2.05, 4.69) is 42.6 Å². The van der Waals surface area contributed by atoms with Gasteiger partial charge < -0.3 is 15.4 Å². The minimum atomic E-state index is 0.488. The van der Waals surface area contributed by atoms with E-state index in [-0.39, 0.29) is 0 Å². The van der Waals surface area contributed by atoms with Gasteiger partial charge in [-0.25, -0.2) is 9.97 Å². The molecule has 2 aromatic rings. The van der Waals surface area contributed by atoms with Gasteiger partial charge in [-0.2, -0.15) is 5.26 Å². The zero-order chi connectivity index (χ0) is 14.5. The molecule has 0 radical (unpaired) electrons. The normalized spacial score (nSPS) is 9.70. The molecule has 20 heavy (non-hydrogen) atoms. The van der Waals surface area contributed by atoms with Crippen molar-refractivity contribution in [3.63, 3.8) is 0 Å². The van der Waals surface area contributed by atoms with Gasteiger partial charge in [0.1, 0.15) is 12.4 Å². The van der Waals surface area contributed by atoms with Crippen molar-refractivity contribution < 1.29 is 4.74 Å². The summed E-state index contributed by atoms with van der Waals surface area (Å²) < 4.78 is 6.13. The number of nitrogens with zero attached hydrogens (tertiary/aromatic N) is 3. The fourth-order valence-corrected chi connectivity index (χ4v) is 2.04. The lowest BCUT2D eigenvalue weighted by Gasteiger charge is -2.13. The minimum absolute atomic E-state index is 0.488. The summed E-state index contributed by atoms with van der Waals surface area (Å²) in [5.74, 6) is 1.55. The Labute approximate surface area is 124 Å². The third-order valence-corrected chi connectivity index (χ3v) is 3.09. The zero-order valence-electron chi connectivity index (χ0n) is 10.9. The molecule has 0 saturated carbocycles. The van der Waals surface area contributed by atoms with Crippen molar-refractivity contribution in [2.45, 2.75) is 0 Å². The molecule has 2 N–H and O–H groups in total. The van der Waals surface area contributed by atoms with E-state index in [0.717, 1.165) is 4.47 Å². The Kier molecular flexibility index (Phi) is 4.38. The first-order valence-electron chi connectivity index (χ1n) is 5.73. The van der Waals surface area contributed by atoms with Gasteiger partial charge in [0.05, 0.1) is 18.4 Å². The second-order valence-corrected chi connectivity index (χ2v) is 4.70. The van der Waals surface area contributed by atoms with E-state index in [1.165, 1.54) is 13.4 Å². The molecule has 1 aromatic heterocycles. The van der Waals surface area contributed by atoms with Crippen molar-refractivity contribution in [1.29, 1.82) is 5.26 Å². The van der Waals surface area contributed by atoms with Gasteiger partial charge in [0.15, 0.2) is 11.6 Å². The molecule has 0 unspecified atom stereocenters. The summed E-state index contributed by atoms with van der Waals surface area (Å²) in [6.45, 7) is 0. The molecular weight excluding hydrogens is 322 g/mol. The van der Waals surface area contributed by atoms with Gasteiger partial charge in [0.25, 0.3) is 0 Å². The highest BCUT2D eigenvalue weighted by atomic mass is 79.9. The van der Waals surface area contributed by atoms with Crippen LogP contribution in [0.1, 0.15) is 5.56 Å². The maximum absolute atomic E-state index is 9.16. The maximum atomic E-state index is 9.16. The molecule has 0 fully saturated rings. The van der Waals surface area contributed by atoms with E-state index in [0.29, 0.717) is 28.6 Å². The smallest absolute Gasteiger partial charge is 0.204 e. The van der Waals surface area contributed by atoms with Gasteiger partial charge in [0.2, 0.25) is 5.75 Å². The van der Waals surface area contributed by atoms with Crippen LogP contribution in [0.2, 0.25) is 0 Å². The Morgan fingerprint density at radius 2 is 2.05 bits per heavy atom. The third-order valence-electron chi connectivity index (χ3n) is 2.60. The summed E-state index contributed by atoms with van der Waals surface area (Å²) in [7, 11) is 3.28. The van der Waals surface area contributed by atoms with Crippen molar-refractivity contribution in [2.24, 2.45) is 0 Å². The summed E-state index contributed by atoms with van der Waals surface area (Å²) in [5.41, 5.74) is 1.15. The highest BCUT2D eigenvalue weighted by molar-refractivity contribution is 9.10. The van der Waals surface area contributed by atoms with Crippen LogP contribution in [0.4, 0.5) is 17.3 Å². The molecule has 0 aliphatic heterocycles.